The second-order valence-corrected chi connectivity index (χ2v) is 7.35. The van der Waals surface area contributed by atoms with Crippen LogP contribution in [-0.4, -0.2) is 47.6 Å². The molecule has 1 atom stereocenters. The number of anilines is 1. The van der Waals surface area contributed by atoms with Crippen LogP contribution in [0.5, 0.6) is 0 Å². The van der Waals surface area contributed by atoms with Crippen LogP contribution in [0, 0.1) is 11.7 Å². The number of halogens is 1. The molecule has 1 aliphatic heterocycles. The Balaban J connectivity index is 1.74. The van der Waals surface area contributed by atoms with Gasteiger partial charge in [-0.2, -0.15) is 0 Å². The van der Waals surface area contributed by atoms with Gasteiger partial charge in [0.15, 0.2) is 0 Å². The lowest BCUT2D eigenvalue weighted by atomic mass is 9.99. The van der Waals surface area contributed by atoms with E-state index in [1.54, 1.807) is 6.07 Å². The van der Waals surface area contributed by atoms with Crippen molar-refractivity contribution in [3.05, 3.63) is 24.0 Å². The van der Waals surface area contributed by atoms with E-state index in [0.29, 0.717) is 12.2 Å². The Morgan fingerprint density at radius 3 is 2.70 bits per heavy atom. The molecule has 1 aromatic carbocycles. The number of hydrogen-bond donors (Lipinski definition) is 2. The highest BCUT2D eigenvalue weighted by atomic mass is 32.2. The highest BCUT2D eigenvalue weighted by Crippen LogP contribution is 2.17. The van der Waals surface area contributed by atoms with E-state index in [0.717, 1.165) is 25.6 Å². The maximum Gasteiger partial charge on any atom is 0.319 e. The molecular formula is C16H24FN3O2S. The zero-order chi connectivity index (χ0) is 16.8. The number of hydrogen-bond acceptors (Lipinski definition) is 3. The van der Waals surface area contributed by atoms with E-state index in [1.165, 1.54) is 31.2 Å². The second-order valence-electron chi connectivity index (χ2n) is 6.00. The largest absolute Gasteiger partial charge is 0.337 e. The lowest BCUT2D eigenvalue weighted by Crippen LogP contribution is -2.40. The number of carbonyl (C=O) groups is 1. The number of rotatable bonds is 5. The van der Waals surface area contributed by atoms with E-state index in [4.69, 9.17) is 0 Å². The average Bonchev–Trinajstić information content (AvgIpc) is 2.49. The molecule has 0 spiro atoms. The Morgan fingerprint density at radius 2 is 2.09 bits per heavy atom. The van der Waals surface area contributed by atoms with E-state index in [1.807, 2.05) is 0 Å². The zero-order valence-electron chi connectivity index (χ0n) is 13.6. The van der Waals surface area contributed by atoms with Gasteiger partial charge in [-0.05, 0) is 50.0 Å². The fourth-order valence-corrected chi connectivity index (χ4v) is 3.19. The van der Waals surface area contributed by atoms with Gasteiger partial charge in [-0.3, -0.25) is 4.21 Å². The van der Waals surface area contributed by atoms with Crippen LogP contribution in [0.15, 0.2) is 23.1 Å². The molecule has 2 rings (SSSR count). The number of benzene rings is 1. The summed E-state index contributed by atoms with van der Waals surface area (Å²) in [6, 6.07) is 3.80. The van der Waals surface area contributed by atoms with Crippen molar-refractivity contribution in [2.75, 3.05) is 37.8 Å². The van der Waals surface area contributed by atoms with Crippen LogP contribution in [-0.2, 0) is 10.8 Å². The lowest BCUT2D eigenvalue weighted by Gasteiger charge is -2.30. The lowest BCUT2D eigenvalue weighted by molar-refractivity contribution is 0.192. The standard InChI is InChI=1S/C16H24FN3O2S/c1-12-5-8-20(9-6-12)10-7-18-16(21)19-13-3-4-15(23(2)22)14(17)11-13/h3-4,11-12H,5-10H2,1-2H3,(H2,18,19,21)/t23-/m1/s1. The molecule has 2 N–H and O–H groups in total. The van der Waals surface area contributed by atoms with Crippen LogP contribution in [0.2, 0.25) is 0 Å². The maximum absolute atomic E-state index is 13.7. The van der Waals surface area contributed by atoms with Crippen LogP contribution in [0.1, 0.15) is 19.8 Å². The average molecular weight is 341 g/mol. The van der Waals surface area contributed by atoms with E-state index >= 15 is 0 Å². The summed E-state index contributed by atoms with van der Waals surface area (Å²) >= 11 is 0. The number of carbonyl (C=O) groups excluding carboxylic acids is 1. The Labute approximate surface area is 139 Å². The highest BCUT2D eigenvalue weighted by Gasteiger charge is 2.15. The summed E-state index contributed by atoms with van der Waals surface area (Å²) in [6.45, 7) is 5.79. The predicted octanol–water partition coefficient (Wildman–Crippen LogP) is 2.42. The first-order valence-corrected chi connectivity index (χ1v) is 9.41. The molecule has 7 heteroatoms. The van der Waals surface area contributed by atoms with Crippen LogP contribution in [0.25, 0.3) is 0 Å². The van der Waals surface area contributed by atoms with Gasteiger partial charge in [0.25, 0.3) is 0 Å². The summed E-state index contributed by atoms with van der Waals surface area (Å²) in [5.74, 6) is 0.212. The van der Waals surface area contributed by atoms with Gasteiger partial charge in [-0.1, -0.05) is 6.92 Å². The third-order valence-corrected chi connectivity index (χ3v) is 5.04. The van der Waals surface area contributed by atoms with Gasteiger partial charge >= 0.3 is 6.03 Å². The maximum atomic E-state index is 13.7. The first-order valence-electron chi connectivity index (χ1n) is 7.86. The molecule has 5 nitrogen and oxygen atoms in total. The fourth-order valence-electron chi connectivity index (χ4n) is 2.60. The normalized spacial score (nSPS) is 17.7. The molecule has 1 fully saturated rings. The van der Waals surface area contributed by atoms with Gasteiger partial charge < -0.3 is 15.5 Å². The molecule has 23 heavy (non-hydrogen) atoms. The predicted molar refractivity (Wildman–Crippen MR) is 90.6 cm³/mol. The zero-order valence-corrected chi connectivity index (χ0v) is 14.4. The smallest absolute Gasteiger partial charge is 0.319 e. The Hall–Kier alpha value is -1.47. The molecule has 1 aliphatic rings. The van der Waals surface area contributed by atoms with Gasteiger partial charge in [0.2, 0.25) is 0 Å². The number of nitrogens with zero attached hydrogens (tertiary/aromatic N) is 1. The van der Waals surface area contributed by atoms with Crippen molar-refractivity contribution in [1.82, 2.24) is 10.2 Å². The van der Waals surface area contributed by atoms with Gasteiger partial charge in [0.1, 0.15) is 5.82 Å². The molecule has 0 aromatic heterocycles. The molecule has 128 valence electrons. The van der Waals surface area contributed by atoms with Crippen molar-refractivity contribution in [2.45, 2.75) is 24.7 Å². The van der Waals surface area contributed by atoms with E-state index in [9.17, 15) is 13.4 Å². The number of urea groups is 1. The summed E-state index contributed by atoms with van der Waals surface area (Å²) < 4.78 is 25.0. The Bertz CT molecular complexity index is 574. The molecule has 1 aromatic rings. The number of nitrogens with one attached hydrogen (secondary N) is 2. The Morgan fingerprint density at radius 1 is 1.39 bits per heavy atom. The number of piperidine rings is 1. The number of amides is 2. The van der Waals surface area contributed by atoms with Crippen molar-refractivity contribution >= 4 is 22.5 Å². The third-order valence-electron chi connectivity index (χ3n) is 4.09. The summed E-state index contributed by atoms with van der Waals surface area (Å²) in [5, 5.41) is 5.36. The number of likely N-dealkylation sites (tertiary alicyclic amines) is 1. The fraction of sp³-hybridized carbons (Fsp3) is 0.562. The quantitative estimate of drug-likeness (QED) is 0.865. The Kier molecular flexibility index (Phi) is 6.53. The molecule has 0 saturated carbocycles. The van der Waals surface area contributed by atoms with Crippen molar-refractivity contribution in [3.8, 4) is 0 Å². The first kappa shape index (κ1) is 17.9. The molecule has 1 saturated heterocycles. The van der Waals surface area contributed by atoms with Crippen LogP contribution < -0.4 is 10.6 Å². The minimum atomic E-state index is -1.38. The molecule has 0 radical (unpaired) electrons. The summed E-state index contributed by atoms with van der Waals surface area (Å²) in [4.78, 5) is 14.3. The van der Waals surface area contributed by atoms with Crippen molar-refractivity contribution in [2.24, 2.45) is 5.92 Å². The van der Waals surface area contributed by atoms with Gasteiger partial charge in [0, 0.05) is 25.0 Å². The second kappa shape index (κ2) is 8.40. The van der Waals surface area contributed by atoms with Crippen molar-refractivity contribution in [3.63, 3.8) is 0 Å². The first-order chi connectivity index (χ1) is 11.0. The van der Waals surface area contributed by atoms with E-state index in [-0.39, 0.29) is 10.9 Å². The minimum absolute atomic E-state index is 0.135. The molecular weight excluding hydrogens is 317 g/mol. The molecule has 0 bridgehead atoms. The van der Waals surface area contributed by atoms with Crippen molar-refractivity contribution < 1.29 is 13.4 Å². The molecule has 2 amide bonds. The SMILES string of the molecule is CC1CCN(CCNC(=O)Nc2ccc([S@@](C)=O)c(F)c2)CC1. The molecule has 0 unspecified atom stereocenters. The van der Waals surface area contributed by atoms with Crippen molar-refractivity contribution in [1.29, 1.82) is 0 Å². The van der Waals surface area contributed by atoms with E-state index in [2.05, 4.69) is 22.5 Å². The molecule has 1 heterocycles. The van der Waals surface area contributed by atoms with Gasteiger partial charge in [-0.25, -0.2) is 9.18 Å². The van der Waals surface area contributed by atoms with Crippen LogP contribution in [0.4, 0.5) is 14.9 Å². The summed E-state index contributed by atoms with van der Waals surface area (Å²) in [6.07, 6.45) is 3.83. The van der Waals surface area contributed by atoms with E-state index < -0.39 is 16.6 Å². The molecule has 0 aliphatic carbocycles. The van der Waals surface area contributed by atoms with Crippen LogP contribution >= 0.6 is 0 Å². The highest BCUT2D eigenvalue weighted by molar-refractivity contribution is 7.84. The van der Waals surface area contributed by atoms with Gasteiger partial charge in [-0.15, -0.1) is 0 Å². The topological polar surface area (TPSA) is 61.4 Å². The summed E-state index contributed by atoms with van der Waals surface area (Å²) in [7, 11) is -1.38. The van der Waals surface area contributed by atoms with Crippen LogP contribution in [0.3, 0.4) is 0 Å². The third kappa shape index (κ3) is 5.58. The summed E-state index contributed by atoms with van der Waals surface area (Å²) in [5.41, 5.74) is 0.348. The van der Waals surface area contributed by atoms with Gasteiger partial charge in [0.05, 0.1) is 15.7 Å². The minimum Gasteiger partial charge on any atom is -0.337 e. The monoisotopic (exact) mass is 341 g/mol.